The quantitative estimate of drug-likeness (QED) is 0.350. The van der Waals surface area contributed by atoms with Crippen molar-refractivity contribution in [2.45, 2.75) is 12.8 Å². The van der Waals surface area contributed by atoms with E-state index in [1.165, 1.54) is 24.3 Å². The van der Waals surface area contributed by atoms with Crippen LogP contribution in [0.4, 0.5) is 8.78 Å². The van der Waals surface area contributed by atoms with Gasteiger partial charge in [-0.15, -0.1) is 6.58 Å². The number of carbonyl (C=O) groups excluding carboxylic acids is 1. The van der Waals surface area contributed by atoms with Crippen LogP contribution in [-0.2, 0) is 6.42 Å². The summed E-state index contributed by atoms with van der Waals surface area (Å²) in [7, 11) is 0. The van der Waals surface area contributed by atoms with Gasteiger partial charge in [-0.25, -0.2) is 13.6 Å². The fourth-order valence-corrected chi connectivity index (χ4v) is 2.72. The van der Waals surface area contributed by atoms with Crippen molar-refractivity contribution >= 4 is 16.7 Å². The average Bonchev–Trinajstić information content (AvgIpc) is 2.67. The summed E-state index contributed by atoms with van der Waals surface area (Å²) in [6.45, 7) is 3.67. The number of benzene rings is 3. The molecule has 0 aromatic heterocycles. The van der Waals surface area contributed by atoms with Crippen molar-refractivity contribution in [3.63, 3.8) is 0 Å². The van der Waals surface area contributed by atoms with Crippen molar-refractivity contribution in [3.8, 4) is 11.8 Å². The third kappa shape index (κ3) is 3.85. The molecule has 0 fully saturated rings. The number of nitrogens with zero attached hydrogens (tertiary/aromatic N) is 1. The number of allylic oxidation sites excluding steroid dienone is 1. The number of halogens is 2. The van der Waals surface area contributed by atoms with E-state index in [4.69, 9.17) is 10.00 Å². The van der Waals surface area contributed by atoms with Crippen LogP contribution in [0.2, 0.25) is 0 Å². The summed E-state index contributed by atoms with van der Waals surface area (Å²) in [6.07, 6.45) is 3.51. The Morgan fingerprint density at radius 2 is 1.89 bits per heavy atom. The predicted octanol–water partition coefficient (Wildman–Crippen LogP) is 5.33. The molecule has 0 spiro atoms. The minimum Gasteiger partial charge on any atom is -0.423 e. The van der Waals surface area contributed by atoms with Crippen LogP contribution in [-0.4, -0.2) is 5.97 Å². The molecule has 0 aliphatic heterocycles. The standard InChI is InChI=1S/C22H15F2NO2/c1-2-3-4-14-5-7-15(8-6-14)22(26)27-17-9-10-18-16(11-17)12-20(23)19(13-25)21(18)24/h2,5-12H,1,3-4H2. The second-order valence-corrected chi connectivity index (χ2v) is 5.96. The number of nitriles is 1. The van der Waals surface area contributed by atoms with Gasteiger partial charge in [0.2, 0.25) is 0 Å². The Morgan fingerprint density at radius 3 is 2.56 bits per heavy atom. The number of ether oxygens (including phenoxy) is 1. The maximum absolute atomic E-state index is 14.1. The maximum atomic E-state index is 14.1. The van der Waals surface area contributed by atoms with Gasteiger partial charge in [-0.05, 0) is 60.2 Å². The van der Waals surface area contributed by atoms with Gasteiger partial charge in [-0.1, -0.05) is 18.2 Å². The molecule has 0 saturated heterocycles. The highest BCUT2D eigenvalue weighted by molar-refractivity contribution is 5.92. The van der Waals surface area contributed by atoms with Gasteiger partial charge >= 0.3 is 5.97 Å². The smallest absolute Gasteiger partial charge is 0.343 e. The third-order valence-corrected chi connectivity index (χ3v) is 4.15. The van der Waals surface area contributed by atoms with Gasteiger partial charge < -0.3 is 4.74 Å². The van der Waals surface area contributed by atoms with Crippen LogP contribution >= 0.6 is 0 Å². The zero-order chi connectivity index (χ0) is 19.4. The van der Waals surface area contributed by atoms with Gasteiger partial charge in [0.05, 0.1) is 5.56 Å². The fraction of sp³-hybridized carbons (Fsp3) is 0.0909. The summed E-state index contributed by atoms with van der Waals surface area (Å²) in [5.74, 6) is -2.30. The van der Waals surface area contributed by atoms with Gasteiger partial charge in [0.25, 0.3) is 0 Å². The van der Waals surface area contributed by atoms with E-state index >= 15 is 0 Å². The van der Waals surface area contributed by atoms with Crippen LogP contribution in [0.25, 0.3) is 10.8 Å². The number of esters is 1. The first kappa shape index (κ1) is 18.3. The lowest BCUT2D eigenvalue weighted by Gasteiger charge is -2.08. The Hall–Kier alpha value is -3.52. The minimum atomic E-state index is -0.957. The van der Waals surface area contributed by atoms with Gasteiger partial charge in [0.1, 0.15) is 23.2 Å². The highest BCUT2D eigenvalue weighted by atomic mass is 19.1. The zero-order valence-electron chi connectivity index (χ0n) is 14.3. The molecule has 0 radical (unpaired) electrons. The SMILES string of the molecule is C=CCCc1ccc(C(=O)Oc2ccc3c(F)c(C#N)c(F)cc3c2)cc1. The van der Waals surface area contributed by atoms with E-state index in [0.29, 0.717) is 5.56 Å². The minimum absolute atomic E-state index is 0.0827. The molecule has 3 aromatic rings. The first-order valence-corrected chi connectivity index (χ1v) is 8.27. The van der Waals surface area contributed by atoms with E-state index in [2.05, 4.69) is 6.58 Å². The van der Waals surface area contributed by atoms with Gasteiger partial charge in [-0.3, -0.25) is 0 Å². The van der Waals surface area contributed by atoms with Crippen molar-refractivity contribution in [2.24, 2.45) is 0 Å². The van der Waals surface area contributed by atoms with Crippen molar-refractivity contribution < 1.29 is 18.3 Å². The lowest BCUT2D eigenvalue weighted by molar-refractivity contribution is 0.0735. The summed E-state index contributed by atoms with van der Waals surface area (Å²) in [4.78, 5) is 12.3. The molecule has 0 atom stereocenters. The monoisotopic (exact) mass is 363 g/mol. The fourth-order valence-electron chi connectivity index (χ4n) is 2.72. The summed E-state index contributed by atoms with van der Waals surface area (Å²) < 4.78 is 33.2. The molecular formula is C22H15F2NO2. The van der Waals surface area contributed by atoms with E-state index in [9.17, 15) is 13.6 Å². The highest BCUT2D eigenvalue weighted by Crippen LogP contribution is 2.27. The molecular weight excluding hydrogens is 348 g/mol. The third-order valence-electron chi connectivity index (χ3n) is 4.15. The topological polar surface area (TPSA) is 50.1 Å². The number of fused-ring (bicyclic) bond motifs is 1. The molecule has 0 aliphatic carbocycles. The van der Waals surface area contributed by atoms with Crippen LogP contribution in [0.1, 0.15) is 27.9 Å². The van der Waals surface area contributed by atoms with Crippen LogP contribution < -0.4 is 4.74 Å². The van der Waals surface area contributed by atoms with E-state index in [0.717, 1.165) is 24.5 Å². The summed E-state index contributed by atoms with van der Waals surface area (Å²) in [5, 5.41) is 9.11. The Bertz CT molecular complexity index is 1070. The predicted molar refractivity (Wildman–Crippen MR) is 98.5 cm³/mol. The lowest BCUT2D eigenvalue weighted by atomic mass is 10.1. The van der Waals surface area contributed by atoms with E-state index < -0.39 is 23.2 Å². The van der Waals surface area contributed by atoms with Gasteiger partial charge in [0, 0.05) is 5.39 Å². The second kappa shape index (κ2) is 7.79. The van der Waals surface area contributed by atoms with Crippen LogP contribution in [0.15, 0.2) is 61.2 Å². The summed E-state index contributed by atoms with van der Waals surface area (Å²) in [6, 6.07) is 13.7. The van der Waals surface area contributed by atoms with Crippen molar-refractivity contribution in [1.82, 2.24) is 0 Å². The molecule has 3 rings (SSSR count). The molecule has 0 amide bonds. The normalized spacial score (nSPS) is 10.4. The molecule has 0 unspecified atom stereocenters. The lowest BCUT2D eigenvalue weighted by Crippen LogP contribution is -2.08. The highest BCUT2D eigenvalue weighted by Gasteiger charge is 2.15. The van der Waals surface area contributed by atoms with E-state index in [1.807, 2.05) is 18.2 Å². The number of aryl methyl sites for hydroxylation is 1. The number of carbonyl (C=O) groups is 1. The number of hydrogen-bond acceptors (Lipinski definition) is 3. The summed E-state index contributed by atoms with van der Waals surface area (Å²) >= 11 is 0. The van der Waals surface area contributed by atoms with E-state index in [1.54, 1.807) is 12.1 Å². The summed E-state index contributed by atoms with van der Waals surface area (Å²) in [5.41, 5.74) is 0.815. The molecule has 27 heavy (non-hydrogen) atoms. The largest absolute Gasteiger partial charge is 0.423 e. The molecule has 134 valence electrons. The number of rotatable bonds is 5. The van der Waals surface area contributed by atoms with Crippen LogP contribution in [0, 0.1) is 23.0 Å². The first-order chi connectivity index (χ1) is 13.0. The molecule has 5 heteroatoms. The molecule has 3 aromatic carbocycles. The zero-order valence-corrected chi connectivity index (χ0v) is 14.3. The Morgan fingerprint density at radius 1 is 1.15 bits per heavy atom. The maximum Gasteiger partial charge on any atom is 0.343 e. The van der Waals surface area contributed by atoms with Crippen molar-refractivity contribution in [3.05, 3.63) is 89.5 Å². The second-order valence-electron chi connectivity index (χ2n) is 5.96. The molecule has 0 aliphatic rings. The van der Waals surface area contributed by atoms with Crippen LogP contribution in [0.3, 0.4) is 0 Å². The van der Waals surface area contributed by atoms with Gasteiger partial charge in [-0.2, -0.15) is 5.26 Å². The Kier molecular flexibility index (Phi) is 5.28. The molecule has 3 nitrogen and oxygen atoms in total. The molecule has 0 N–H and O–H groups in total. The average molecular weight is 363 g/mol. The Balaban J connectivity index is 1.83. The van der Waals surface area contributed by atoms with Crippen molar-refractivity contribution in [1.29, 1.82) is 5.26 Å². The van der Waals surface area contributed by atoms with E-state index in [-0.39, 0.29) is 16.5 Å². The van der Waals surface area contributed by atoms with Gasteiger partial charge in [0.15, 0.2) is 5.82 Å². The Labute approximate surface area is 155 Å². The van der Waals surface area contributed by atoms with Crippen molar-refractivity contribution in [2.75, 3.05) is 0 Å². The van der Waals surface area contributed by atoms with Crippen LogP contribution in [0.5, 0.6) is 5.75 Å². The number of hydrogen-bond donors (Lipinski definition) is 0. The first-order valence-electron chi connectivity index (χ1n) is 8.27. The molecule has 0 heterocycles. The molecule has 0 bridgehead atoms. The molecule has 0 saturated carbocycles.